The number of benzene rings is 2. The number of ether oxygens (including phenoxy) is 1. The average molecular weight is 325 g/mol. The number of carbonyl (C=O) groups is 2. The number of nitrogens with two attached hydrogens (primary N) is 1. The Bertz CT molecular complexity index is 892. The summed E-state index contributed by atoms with van der Waals surface area (Å²) in [5.74, 6) is -1.33. The van der Waals surface area contributed by atoms with E-state index in [9.17, 15) is 9.59 Å². The third-order valence-corrected chi connectivity index (χ3v) is 3.49. The second-order valence-corrected chi connectivity index (χ2v) is 5.16. The zero-order valence-electron chi connectivity index (χ0n) is 12.9. The van der Waals surface area contributed by atoms with Crippen molar-refractivity contribution in [2.75, 3.05) is 17.7 Å². The van der Waals surface area contributed by atoms with Crippen LogP contribution in [0.1, 0.15) is 16.1 Å². The highest BCUT2D eigenvalue weighted by Crippen LogP contribution is 2.23. The first-order chi connectivity index (χ1) is 11.6. The highest BCUT2D eigenvalue weighted by Gasteiger charge is 2.20. The topological polar surface area (TPSA) is 107 Å². The van der Waals surface area contributed by atoms with Gasteiger partial charge in [-0.3, -0.25) is 4.79 Å². The number of hydrogen-bond acceptors (Lipinski definition) is 6. The molecule has 7 nitrogen and oxygen atoms in total. The van der Waals surface area contributed by atoms with E-state index in [-0.39, 0.29) is 11.4 Å². The molecule has 0 radical (unpaired) electrons. The van der Waals surface area contributed by atoms with E-state index in [1.807, 2.05) is 36.4 Å². The van der Waals surface area contributed by atoms with Crippen LogP contribution in [0.25, 0.3) is 10.8 Å². The average Bonchev–Trinajstić information content (AvgIpc) is 2.92. The molecule has 0 atom stereocenters. The van der Waals surface area contributed by atoms with E-state index in [4.69, 9.17) is 15.0 Å². The summed E-state index contributed by atoms with van der Waals surface area (Å²) in [7, 11) is 0. The number of rotatable bonds is 4. The van der Waals surface area contributed by atoms with Gasteiger partial charge in [0.05, 0.1) is 5.69 Å². The summed E-state index contributed by atoms with van der Waals surface area (Å²) in [6, 6.07) is 13.2. The lowest BCUT2D eigenvalue weighted by atomic mass is 10.1. The summed E-state index contributed by atoms with van der Waals surface area (Å²) < 4.78 is 9.66. The Morgan fingerprint density at radius 2 is 1.96 bits per heavy atom. The van der Waals surface area contributed by atoms with Crippen molar-refractivity contribution in [3.05, 3.63) is 53.7 Å². The molecule has 3 aromatic rings. The Morgan fingerprint density at radius 1 is 1.21 bits per heavy atom. The first-order valence-corrected chi connectivity index (χ1v) is 7.22. The number of anilines is 2. The SMILES string of the molecule is Cc1noc(N)c1C(=O)OCC(=O)Nc1cccc2ccccc12. The molecule has 3 rings (SSSR count). The summed E-state index contributed by atoms with van der Waals surface area (Å²) in [6.45, 7) is 1.12. The van der Waals surface area contributed by atoms with Crippen molar-refractivity contribution in [2.24, 2.45) is 0 Å². The maximum atomic E-state index is 12.0. The number of aryl methyl sites for hydroxylation is 1. The summed E-state index contributed by atoms with van der Waals surface area (Å²) in [5, 5.41) is 8.20. The summed E-state index contributed by atoms with van der Waals surface area (Å²) in [5.41, 5.74) is 6.50. The molecule has 0 spiro atoms. The minimum absolute atomic E-state index is 0.0351. The fourth-order valence-electron chi connectivity index (χ4n) is 2.36. The van der Waals surface area contributed by atoms with Gasteiger partial charge in [0.15, 0.2) is 6.61 Å². The molecule has 0 fully saturated rings. The van der Waals surface area contributed by atoms with Crippen molar-refractivity contribution in [1.29, 1.82) is 0 Å². The Morgan fingerprint density at radius 3 is 2.71 bits per heavy atom. The van der Waals surface area contributed by atoms with Gasteiger partial charge >= 0.3 is 5.97 Å². The van der Waals surface area contributed by atoms with Crippen LogP contribution in [0.4, 0.5) is 11.6 Å². The molecule has 0 saturated carbocycles. The number of amides is 1. The summed E-state index contributed by atoms with van der Waals surface area (Å²) in [4.78, 5) is 24.0. The van der Waals surface area contributed by atoms with Crippen LogP contribution in [0, 0.1) is 6.92 Å². The molecular weight excluding hydrogens is 310 g/mol. The van der Waals surface area contributed by atoms with Crippen LogP contribution in [-0.4, -0.2) is 23.6 Å². The fourth-order valence-corrected chi connectivity index (χ4v) is 2.36. The number of fused-ring (bicyclic) bond motifs is 1. The molecular formula is C17H15N3O4. The maximum absolute atomic E-state index is 12.0. The van der Waals surface area contributed by atoms with E-state index in [1.54, 1.807) is 13.0 Å². The zero-order valence-corrected chi connectivity index (χ0v) is 12.9. The molecule has 1 heterocycles. The van der Waals surface area contributed by atoms with Crippen molar-refractivity contribution in [3.8, 4) is 0 Å². The van der Waals surface area contributed by atoms with Crippen LogP contribution >= 0.6 is 0 Å². The summed E-state index contributed by atoms with van der Waals surface area (Å²) in [6.07, 6.45) is 0. The predicted octanol–water partition coefficient (Wildman–Crippen LogP) is 2.51. The van der Waals surface area contributed by atoms with Crippen LogP contribution in [-0.2, 0) is 9.53 Å². The molecule has 0 aliphatic rings. The van der Waals surface area contributed by atoms with Gasteiger partial charge in [-0.05, 0) is 18.4 Å². The van der Waals surface area contributed by atoms with Crippen molar-refractivity contribution in [3.63, 3.8) is 0 Å². The van der Waals surface area contributed by atoms with Gasteiger partial charge in [0.25, 0.3) is 5.91 Å². The summed E-state index contributed by atoms with van der Waals surface area (Å²) >= 11 is 0. The molecule has 3 N–H and O–H groups in total. The highest BCUT2D eigenvalue weighted by atomic mass is 16.5. The number of carbonyl (C=O) groups excluding carboxylic acids is 2. The van der Waals surface area contributed by atoms with Gasteiger partial charge in [-0.1, -0.05) is 41.6 Å². The fraction of sp³-hybridized carbons (Fsp3) is 0.118. The minimum atomic E-state index is -0.751. The molecule has 0 unspecified atom stereocenters. The van der Waals surface area contributed by atoms with Crippen molar-refractivity contribution < 1.29 is 18.8 Å². The quantitative estimate of drug-likeness (QED) is 0.714. The first kappa shape index (κ1) is 15.5. The van der Waals surface area contributed by atoms with E-state index in [0.717, 1.165) is 10.8 Å². The number of hydrogen-bond donors (Lipinski definition) is 2. The molecule has 0 aliphatic carbocycles. The largest absolute Gasteiger partial charge is 0.452 e. The lowest BCUT2D eigenvalue weighted by Crippen LogP contribution is -2.21. The third-order valence-electron chi connectivity index (χ3n) is 3.49. The van der Waals surface area contributed by atoms with Gasteiger partial charge in [0, 0.05) is 11.1 Å². The highest BCUT2D eigenvalue weighted by molar-refractivity contribution is 6.03. The van der Waals surface area contributed by atoms with E-state index < -0.39 is 18.5 Å². The Balaban J connectivity index is 1.67. The van der Waals surface area contributed by atoms with Crippen LogP contribution in [0.15, 0.2) is 47.0 Å². The van der Waals surface area contributed by atoms with Gasteiger partial charge in [-0.15, -0.1) is 0 Å². The van der Waals surface area contributed by atoms with Crippen LogP contribution in [0.2, 0.25) is 0 Å². The number of esters is 1. The van der Waals surface area contributed by atoms with Crippen LogP contribution in [0.3, 0.4) is 0 Å². The molecule has 0 bridgehead atoms. The van der Waals surface area contributed by atoms with Crippen LogP contribution < -0.4 is 11.1 Å². The Hall–Kier alpha value is -3.35. The van der Waals surface area contributed by atoms with Gasteiger partial charge in [-0.2, -0.15) is 0 Å². The Labute approximate surface area is 137 Å². The van der Waals surface area contributed by atoms with Gasteiger partial charge in [0.1, 0.15) is 5.56 Å². The van der Waals surface area contributed by atoms with E-state index in [0.29, 0.717) is 11.4 Å². The first-order valence-electron chi connectivity index (χ1n) is 7.22. The molecule has 1 aromatic heterocycles. The lowest BCUT2D eigenvalue weighted by molar-refractivity contribution is -0.119. The molecule has 2 aromatic carbocycles. The third kappa shape index (κ3) is 3.05. The smallest absolute Gasteiger partial charge is 0.346 e. The predicted molar refractivity (Wildman–Crippen MR) is 88.5 cm³/mol. The second kappa shape index (κ2) is 6.41. The van der Waals surface area contributed by atoms with Crippen molar-refractivity contribution in [1.82, 2.24) is 5.16 Å². The Kier molecular flexibility index (Phi) is 4.15. The van der Waals surface area contributed by atoms with Gasteiger partial charge in [0.2, 0.25) is 5.88 Å². The van der Waals surface area contributed by atoms with Gasteiger partial charge in [-0.25, -0.2) is 4.79 Å². The number of aromatic nitrogens is 1. The number of nitrogens with zero attached hydrogens (tertiary/aromatic N) is 1. The van der Waals surface area contributed by atoms with Gasteiger partial charge < -0.3 is 20.3 Å². The molecule has 122 valence electrons. The normalized spacial score (nSPS) is 10.5. The van der Waals surface area contributed by atoms with Crippen molar-refractivity contribution >= 4 is 34.2 Å². The standard InChI is InChI=1S/C17H15N3O4/c1-10-15(16(18)24-20-10)17(22)23-9-14(21)19-13-8-4-6-11-5-2-3-7-12(11)13/h2-8H,9,18H2,1H3,(H,19,21). The number of nitrogen functional groups attached to an aromatic ring is 1. The molecule has 0 saturated heterocycles. The van der Waals surface area contributed by atoms with E-state index >= 15 is 0 Å². The second-order valence-electron chi connectivity index (χ2n) is 5.16. The van der Waals surface area contributed by atoms with Crippen molar-refractivity contribution in [2.45, 2.75) is 6.92 Å². The lowest BCUT2D eigenvalue weighted by Gasteiger charge is -2.09. The van der Waals surface area contributed by atoms with E-state index in [2.05, 4.69) is 10.5 Å². The maximum Gasteiger partial charge on any atom is 0.346 e. The van der Waals surface area contributed by atoms with Crippen LogP contribution in [0.5, 0.6) is 0 Å². The molecule has 1 amide bonds. The molecule has 24 heavy (non-hydrogen) atoms. The number of nitrogens with one attached hydrogen (secondary N) is 1. The zero-order chi connectivity index (χ0) is 17.1. The monoisotopic (exact) mass is 325 g/mol. The molecule has 0 aliphatic heterocycles. The minimum Gasteiger partial charge on any atom is -0.452 e. The van der Waals surface area contributed by atoms with E-state index in [1.165, 1.54) is 0 Å². The molecule has 7 heteroatoms.